The van der Waals surface area contributed by atoms with Crippen molar-refractivity contribution in [3.05, 3.63) is 89.9 Å². The summed E-state index contributed by atoms with van der Waals surface area (Å²) in [7, 11) is 0. The predicted molar refractivity (Wildman–Crippen MR) is 87.1 cm³/mol. The van der Waals surface area contributed by atoms with Crippen LogP contribution in [0.15, 0.2) is 77.4 Å². The molecule has 3 aromatic rings. The van der Waals surface area contributed by atoms with Gasteiger partial charge in [-0.05, 0) is 42.0 Å². The van der Waals surface area contributed by atoms with Crippen LogP contribution in [0.5, 0.6) is 5.75 Å². The zero-order valence-electron chi connectivity index (χ0n) is 12.6. The third-order valence-electron chi connectivity index (χ3n) is 3.37. The molecule has 1 aromatic heterocycles. The summed E-state index contributed by atoms with van der Waals surface area (Å²) in [6.07, 6.45) is 1.58. The molecule has 0 fully saturated rings. The van der Waals surface area contributed by atoms with E-state index in [1.54, 1.807) is 36.6 Å². The Morgan fingerprint density at radius 3 is 2.43 bits per heavy atom. The molecule has 1 heterocycles. The van der Waals surface area contributed by atoms with Gasteiger partial charge in [-0.25, -0.2) is 0 Å². The average molecular weight is 307 g/mol. The first-order valence-electron chi connectivity index (χ1n) is 7.38. The molecule has 0 bridgehead atoms. The molecule has 4 heteroatoms. The average Bonchev–Trinajstić information content (AvgIpc) is 3.13. The summed E-state index contributed by atoms with van der Waals surface area (Å²) < 4.78 is 10.9. The van der Waals surface area contributed by atoms with E-state index in [1.165, 1.54) is 0 Å². The lowest BCUT2D eigenvalue weighted by atomic mass is 10.2. The number of benzene rings is 2. The monoisotopic (exact) mass is 307 g/mol. The number of furan rings is 1. The Bertz CT molecular complexity index is 734. The second kappa shape index (κ2) is 7.31. The first-order valence-corrected chi connectivity index (χ1v) is 7.38. The molecule has 0 saturated carbocycles. The van der Waals surface area contributed by atoms with E-state index in [-0.39, 0.29) is 5.91 Å². The third-order valence-corrected chi connectivity index (χ3v) is 3.37. The topological polar surface area (TPSA) is 51.5 Å². The summed E-state index contributed by atoms with van der Waals surface area (Å²) in [5.41, 5.74) is 1.69. The van der Waals surface area contributed by atoms with Crippen LogP contribution in [0, 0.1) is 0 Å². The fourth-order valence-electron chi connectivity index (χ4n) is 2.13. The van der Waals surface area contributed by atoms with Gasteiger partial charge in [-0.1, -0.05) is 30.3 Å². The Hall–Kier alpha value is -3.01. The van der Waals surface area contributed by atoms with E-state index in [9.17, 15) is 4.79 Å². The zero-order chi connectivity index (χ0) is 15.9. The Morgan fingerprint density at radius 1 is 0.957 bits per heavy atom. The van der Waals surface area contributed by atoms with E-state index in [1.807, 2.05) is 36.4 Å². The van der Waals surface area contributed by atoms with Gasteiger partial charge in [0.25, 0.3) is 5.91 Å². The molecule has 116 valence electrons. The standard InChI is InChI=1S/C19H17NO3/c21-19(20-13-18-7-4-12-22-18)16-8-10-17(11-9-16)23-14-15-5-2-1-3-6-15/h1-12H,13-14H2,(H,20,21). The number of ether oxygens (including phenoxy) is 1. The Labute approximate surface area is 134 Å². The highest BCUT2D eigenvalue weighted by Crippen LogP contribution is 2.14. The van der Waals surface area contributed by atoms with Crippen LogP contribution in [-0.2, 0) is 13.2 Å². The highest BCUT2D eigenvalue weighted by Gasteiger charge is 2.06. The van der Waals surface area contributed by atoms with E-state index >= 15 is 0 Å². The van der Waals surface area contributed by atoms with Gasteiger partial charge in [0.05, 0.1) is 12.8 Å². The molecule has 0 aliphatic carbocycles. The van der Waals surface area contributed by atoms with Crippen molar-refractivity contribution in [3.63, 3.8) is 0 Å². The van der Waals surface area contributed by atoms with Gasteiger partial charge in [-0.2, -0.15) is 0 Å². The number of rotatable bonds is 6. The van der Waals surface area contributed by atoms with Gasteiger partial charge in [-0.3, -0.25) is 4.79 Å². The number of amides is 1. The van der Waals surface area contributed by atoms with Gasteiger partial charge >= 0.3 is 0 Å². The van der Waals surface area contributed by atoms with Gasteiger partial charge in [0.15, 0.2) is 0 Å². The molecule has 1 amide bonds. The fourth-order valence-corrected chi connectivity index (χ4v) is 2.13. The minimum absolute atomic E-state index is 0.143. The Morgan fingerprint density at radius 2 is 1.74 bits per heavy atom. The van der Waals surface area contributed by atoms with Crippen LogP contribution in [0.25, 0.3) is 0 Å². The molecule has 0 spiro atoms. The van der Waals surface area contributed by atoms with Crippen molar-refractivity contribution in [1.29, 1.82) is 0 Å². The number of hydrogen-bond acceptors (Lipinski definition) is 3. The first-order chi connectivity index (χ1) is 11.3. The van der Waals surface area contributed by atoms with Crippen LogP contribution >= 0.6 is 0 Å². The SMILES string of the molecule is O=C(NCc1ccco1)c1ccc(OCc2ccccc2)cc1. The minimum Gasteiger partial charge on any atom is -0.489 e. The van der Waals surface area contributed by atoms with Crippen molar-refractivity contribution >= 4 is 5.91 Å². The summed E-state index contributed by atoms with van der Waals surface area (Å²) >= 11 is 0. The van der Waals surface area contributed by atoms with Crippen LogP contribution < -0.4 is 10.1 Å². The largest absolute Gasteiger partial charge is 0.489 e. The van der Waals surface area contributed by atoms with Crippen molar-refractivity contribution in [2.75, 3.05) is 0 Å². The maximum absolute atomic E-state index is 12.0. The highest BCUT2D eigenvalue weighted by atomic mass is 16.5. The normalized spacial score (nSPS) is 10.3. The maximum atomic E-state index is 12.0. The molecular weight excluding hydrogens is 290 g/mol. The molecule has 3 rings (SSSR count). The predicted octanol–water partition coefficient (Wildman–Crippen LogP) is 3.79. The maximum Gasteiger partial charge on any atom is 0.251 e. The van der Waals surface area contributed by atoms with Crippen molar-refractivity contribution < 1.29 is 13.9 Å². The molecule has 23 heavy (non-hydrogen) atoms. The molecular formula is C19H17NO3. The number of hydrogen-bond donors (Lipinski definition) is 1. The summed E-state index contributed by atoms with van der Waals surface area (Å²) in [6, 6.07) is 20.6. The lowest BCUT2D eigenvalue weighted by Gasteiger charge is -2.07. The molecule has 0 aliphatic heterocycles. The van der Waals surface area contributed by atoms with Crippen LogP contribution in [0.1, 0.15) is 21.7 Å². The molecule has 0 aliphatic rings. The van der Waals surface area contributed by atoms with Gasteiger partial charge in [-0.15, -0.1) is 0 Å². The second-order valence-corrected chi connectivity index (χ2v) is 5.06. The van der Waals surface area contributed by atoms with Gasteiger partial charge in [0.1, 0.15) is 18.1 Å². The molecule has 2 aromatic carbocycles. The van der Waals surface area contributed by atoms with Crippen molar-refractivity contribution in [3.8, 4) is 5.75 Å². The molecule has 0 saturated heterocycles. The fraction of sp³-hybridized carbons (Fsp3) is 0.105. The van der Waals surface area contributed by atoms with Gasteiger partial charge < -0.3 is 14.5 Å². The van der Waals surface area contributed by atoms with Crippen LogP contribution in [0.4, 0.5) is 0 Å². The molecule has 1 N–H and O–H groups in total. The van der Waals surface area contributed by atoms with E-state index in [0.29, 0.717) is 18.7 Å². The van der Waals surface area contributed by atoms with Crippen LogP contribution in [0.3, 0.4) is 0 Å². The number of carbonyl (C=O) groups excluding carboxylic acids is 1. The quantitative estimate of drug-likeness (QED) is 0.754. The van der Waals surface area contributed by atoms with Crippen molar-refractivity contribution in [2.24, 2.45) is 0 Å². The van der Waals surface area contributed by atoms with Crippen LogP contribution in [0.2, 0.25) is 0 Å². The smallest absolute Gasteiger partial charge is 0.251 e. The van der Waals surface area contributed by atoms with E-state index in [4.69, 9.17) is 9.15 Å². The lowest BCUT2D eigenvalue weighted by molar-refractivity contribution is 0.0948. The second-order valence-electron chi connectivity index (χ2n) is 5.06. The number of nitrogens with one attached hydrogen (secondary N) is 1. The molecule has 0 atom stereocenters. The molecule has 4 nitrogen and oxygen atoms in total. The lowest BCUT2D eigenvalue weighted by Crippen LogP contribution is -2.22. The van der Waals surface area contributed by atoms with Gasteiger partial charge in [0.2, 0.25) is 0 Å². The summed E-state index contributed by atoms with van der Waals surface area (Å²) in [5.74, 6) is 1.31. The first kappa shape index (κ1) is 14.9. The van der Waals surface area contributed by atoms with Crippen molar-refractivity contribution in [1.82, 2.24) is 5.32 Å². The molecule has 0 radical (unpaired) electrons. The summed E-state index contributed by atoms with van der Waals surface area (Å²) in [4.78, 5) is 12.0. The summed E-state index contributed by atoms with van der Waals surface area (Å²) in [6.45, 7) is 0.878. The highest BCUT2D eigenvalue weighted by molar-refractivity contribution is 5.94. The third kappa shape index (κ3) is 4.23. The van der Waals surface area contributed by atoms with Gasteiger partial charge in [0, 0.05) is 5.56 Å². The van der Waals surface area contributed by atoms with Crippen molar-refractivity contribution in [2.45, 2.75) is 13.2 Å². The van der Waals surface area contributed by atoms with E-state index in [0.717, 1.165) is 17.1 Å². The van der Waals surface area contributed by atoms with E-state index < -0.39 is 0 Å². The number of carbonyl (C=O) groups is 1. The molecule has 0 unspecified atom stereocenters. The Balaban J connectivity index is 1.53. The zero-order valence-corrected chi connectivity index (χ0v) is 12.6. The summed E-state index contributed by atoms with van der Waals surface area (Å²) in [5, 5.41) is 2.81. The Kier molecular flexibility index (Phi) is 4.74. The minimum atomic E-state index is -0.143. The van der Waals surface area contributed by atoms with E-state index in [2.05, 4.69) is 5.32 Å². The van der Waals surface area contributed by atoms with Crippen LogP contribution in [-0.4, -0.2) is 5.91 Å².